The molecule has 64 valence electrons. The molecule has 0 spiro atoms. The maximum atomic E-state index is 2.29. The zero-order valence-electron chi connectivity index (χ0n) is 7.12. The lowest BCUT2D eigenvalue weighted by Crippen LogP contribution is -2.14. The van der Waals surface area contributed by atoms with Gasteiger partial charge in [0.1, 0.15) is 0 Å². The predicted molar refractivity (Wildman–Crippen MR) is 57.6 cm³/mol. The van der Waals surface area contributed by atoms with Crippen LogP contribution in [0.4, 0.5) is 0 Å². The summed E-state index contributed by atoms with van der Waals surface area (Å²) in [5.41, 5.74) is 0. The van der Waals surface area contributed by atoms with Gasteiger partial charge in [0.2, 0.25) is 0 Å². The van der Waals surface area contributed by atoms with Crippen LogP contribution in [0.2, 0.25) is 0 Å². The van der Waals surface area contributed by atoms with E-state index in [2.05, 4.69) is 35.9 Å². The fraction of sp³-hybridized carbons (Fsp3) is 0.400. The maximum absolute atomic E-state index is 2.29. The van der Waals surface area contributed by atoms with Crippen LogP contribution in [0, 0.1) is 0 Å². The molecule has 2 rings (SSSR count). The minimum atomic E-state index is 0.383. The quantitative estimate of drug-likeness (QED) is 0.689. The summed E-state index contributed by atoms with van der Waals surface area (Å²) < 4.78 is 0.383. The van der Waals surface area contributed by atoms with Crippen LogP contribution >= 0.6 is 23.1 Å². The Morgan fingerprint density at radius 3 is 3.00 bits per heavy atom. The monoisotopic (exact) mass is 196 g/mol. The molecule has 1 atom stereocenters. The van der Waals surface area contributed by atoms with Gasteiger partial charge in [-0.05, 0) is 29.7 Å². The first-order valence-corrected chi connectivity index (χ1v) is 6.00. The van der Waals surface area contributed by atoms with Gasteiger partial charge in [0.05, 0.1) is 4.75 Å². The first-order chi connectivity index (χ1) is 5.87. The minimum absolute atomic E-state index is 0.383. The molecule has 0 saturated carbocycles. The van der Waals surface area contributed by atoms with Crippen molar-refractivity contribution in [2.45, 2.75) is 24.5 Å². The highest BCUT2D eigenvalue weighted by Gasteiger charge is 2.32. The van der Waals surface area contributed by atoms with Gasteiger partial charge < -0.3 is 0 Å². The summed E-state index contributed by atoms with van der Waals surface area (Å²) in [6, 6.07) is 4.41. The summed E-state index contributed by atoms with van der Waals surface area (Å²) in [5, 5.41) is 4.41. The van der Waals surface area contributed by atoms with Gasteiger partial charge in [-0.15, -0.1) is 23.1 Å². The molecule has 0 fully saturated rings. The first-order valence-electron chi connectivity index (χ1n) is 4.24. The first kappa shape index (κ1) is 8.39. The number of allylic oxidation sites excluding steroid dienone is 1. The van der Waals surface area contributed by atoms with Crippen LogP contribution in [0.25, 0.3) is 0 Å². The fourth-order valence-corrected chi connectivity index (χ4v) is 3.75. The van der Waals surface area contributed by atoms with Gasteiger partial charge in [-0.2, -0.15) is 0 Å². The highest BCUT2D eigenvalue weighted by molar-refractivity contribution is 8.03. The van der Waals surface area contributed by atoms with Crippen molar-refractivity contribution < 1.29 is 0 Å². The molecule has 1 aliphatic heterocycles. The molecule has 12 heavy (non-hydrogen) atoms. The molecular weight excluding hydrogens is 184 g/mol. The molecule has 1 unspecified atom stereocenters. The molecular formula is C10H12S2. The van der Waals surface area contributed by atoms with E-state index >= 15 is 0 Å². The van der Waals surface area contributed by atoms with Crippen molar-refractivity contribution in [1.82, 2.24) is 0 Å². The normalized spacial score (nSPS) is 28.1. The average Bonchev–Trinajstić information content (AvgIpc) is 2.76. The highest BCUT2D eigenvalue weighted by Crippen LogP contribution is 2.49. The summed E-state index contributed by atoms with van der Waals surface area (Å²) >= 11 is 3.86. The van der Waals surface area contributed by atoms with E-state index < -0.39 is 0 Å². The molecule has 1 aromatic rings. The van der Waals surface area contributed by atoms with Crippen LogP contribution in [0.3, 0.4) is 0 Å². The molecule has 0 N–H and O–H groups in total. The third-order valence-electron chi connectivity index (χ3n) is 2.38. The SMILES string of the molecule is CCC1(c2cccs2)CC=CS1. The van der Waals surface area contributed by atoms with Crippen molar-refractivity contribution in [1.29, 1.82) is 0 Å². The third kappa shape index (κ3) is 1.23. The summed E-state index contributed by atoms with van der Waals surface area (Å²) in [6.45, 7) is 2.28. The van der Waals surface area contributed by atoms with Gasteiger partial charge in [0, 0.05) is 4.88 Å². The Labute approximate surface area is 81.7 Å². The van der Waals surface area contributed by atoms with E-state index in [-0.39, 0.29) is 0 Å². The molecule has 2 heteroatoms. The smallest absolute Gasteiger partial charge is 0.0574 e. The van der Waals surface area contributed by atoms with Crippen LogP contribution in [0.1, 0.15) is 24.6 Å². The molecule has 0 nitrogen and oxygen atoms in total. The lowest BCUT2D eigenvalue weighted by Gasteiger charge is -2.24. The van der Waals surface area contributed by atoms with Crippen molar-refractivity contribution in [2.24, 2.45) is 0 Å². The molecule has 0 amide bonds. The number of thioether (sulfide) groups is 1. The van der Waals surface area contributed by atoms with E-state index in [1.165, 1.54) is 17.7 Å². The van der Waals surface area contributed by atoms with Crippen LogP contribution in [-0.4, -0.2) is 0 Å². The fourth-order valence-electron chi connectivity index (χ4n) is 1.56. The molecule has 0 bridgehead atoms. The lowest BCUT2D eigenvalue weighted by atomic mass is 10.00. The minimum Gasteiger partial charge on any atom is -0.147 e. The zero-order chi connectivity index (χ0) is 8.44. The van der Waals surface area contributed by atoms with E-state index in [0.29, 0.717) is 4.75 Å². The van der Waals surface area contributed by atoms with Gasteiger partial charge >= 0.3 is 0 Å². The Kier molecular flexibility index (Phi) is 2.28. The highest BCUT2D eigenvalue weighted by atomic mass is 32.2. The Morgan fingerprint density at radius 1 is 1.58 bits per heavy atom. The Bertz CT molecular complexity index is 264. The lowest BCUT2D eigenvalue weighted by molar-refractivity contribution is 0.631. The second kappa shape index (κ2) is 3.27. The van der Waals surface area contributed by atoms with Gasteiger partial charge in [0.25, 0.3) is 0 Å². The van der Waals surface area contributed by atoms with Crippen LogP contribution in [0.5, 0.6) is 0 Å². The topological polar surface area (TPSA) is 0 Å². The van der Waals surface area contributed by atoms with E-state index in [9.17, 15) is 0 Å². The van der Waals surface area contributed by atoms with E-state index in [1.807, 2.05) is 23.1 Å². The van der Waals surface area contributed by atoms with Crippen molar-refractivity contribution in [3.8, 4) is 0 Å². The molecule has 2 heterocycles. The molecule has 1 aliphatic rings. The molecule has 1 aromatic heterocycles. The molecule has 0 aliphatic carbocycles. The second-order valence-electron chi connectivity index (χ2n) is 3.02. The number of rotatable bonds is 2. The average molecular weight is 196 g/mol. The van der Waals surface area contributed by atoms with E-state index in [0.717, 1.165) is 0 Å². The standard InChI is InChI=1S/C10H12S2/c1-2-10(6-4-8-12-10)9-5-3-7-11-9/h3-5,7-8H,2,6H2,1H3. The van der Waals surface area contributed by atoms with Gasteiger partial charge in [-0.25, -0.2) is 0 Å². The van der Waals surface area contributed by atoms with Gasteiger partial charge in [-0.3, -0.25) is 0 Å². The van der Waals surface area contributed by atoms with Crippen molar-refractivity contribution in [3.63, 3.8) is 0 Å². The third-order valence-corrected chi connectivity index (χ3v) is 5.04. The summed E-state index contributed by atoms with van der Waals surface area (Å²) in [7, 11) is 0. The van der Waals surface area contributed by atoms with Crippen molar-refractivity contribution in [2.75, 3.05) is 0 Å². The number of hydrogen-bond acceptors (Lipinski definition) is 2. The second-order valence-corrected chi connectivity index (χ2v) is 5.26. The Morgan fingerprint density at radius 2 is 2.50 bits per heavy atom. The van der Waals surface area contributed by atoms with Gasteiger partial charge in [0.15, 0.2) is 0 Å². The number of hydrogen-bond donors (Lipinski definition) is 0. The number of thiophene rings is 1. The molecule has 0 radical (unpaired) electrons. The molecule has 0 aromatic carbocycles. The summed E-state index contributed by atoms with van der Waals surface area (Å²) in [6.07, 6.45) is 4.72. The Balaban J connectivity index is 2.30. The summed E-state index contributed by atoms with van der Waals surface area (Å²) in [4.78, 5) is 1.53. The molecule has 0 saturated heterocycles. The Hall–Kier alpha value is -0.210. The maximum Gasteiger partial charge on any atom is 0.0574 e. The van der Waals surface area contributed by atoms with Crippen LogP contribution < -0.4 is 0 Å². The van der Waals surface area contributed by atoms with Gasteiger partial charge in [-0.1, -0.05) is 19.1 Å². The summed E-state index contributed by atoms with van der Waals surface area (Å²) in [5.74, 6) is 0. The largest absolute Gasteiger partial charge is 0.147 e. The van der Waals surface area contributed by atoms with Crippen molar-refractivity contribution in [3.05, 3.63) is 33.9 Å². The predicted octanol–water partition coefficient (Wildman–Crippen LogP) is 4.00. The van der Waals surface area contributed by atoms with Crippen LogP contribution in [0.15, 0.2) is 29.0 Å². The van der Waals surface area contributed by atoms with Crippen molar-refractivity contribution >= 4 is 23.1 Å². The van der Waals surface area contributed by atoms with Crippen LogP contribution in [-0.2, 0) is 4.75 Å². The van der Waals surface area contributed by atoms with E-state index in [4.69, 9.17) is 0 Å². The zero-order valence-corrected chi connectivity index (χ0v) is 8.75. The van der Waals surface area contributed by atoms with E-state index in [1.54, 1.807) is 0 Å².